The maximum atomic E-state index is 11.7. The van der Waals surface area contributed by atoms with E-state index in [0.717, 1.165) is 31.9 Å². The molecule has 3 nitrogen and oxygen atoms in total. The second kappa shape index (κ2) is 10.2. The van der Waals surface area contributed by atoms with E-state index in [0.29, 0.717) is 12.3 Å². The molecule has 0 bridgehead atoms. The molecule has 0 radical (unpaired) electrons. The van der Waals surface area contributed by atoms with Crippen LogP contribution in [-0.4, -0.2) is 48.5 Å². The lowest BCUT2D eigenvalue weighted by Crippen LogP contribution is -2.46. The van der Waals surface area contributed by atoms with E-state index in [-0.39, 0.29) is 12.4 Å². The number of carbonyl (C=O) groups excluding carboxylic acids is 1. The minimum Gasteiger partial charge on any atom is -0.340 e. The summed E-state index contributed by atoms with van der Waals surface area (Å²) in [4.78, 5) is 13.7. The first-order valence-corrected chi connectivity index (χ1v) is 7.06. The van der Waals surface area contributed by atoms with Crippen LogP contribution in [0.15, 0.2) is 0 Å². The molecule has 1 rings (SSSR count). The fourth-order valence-electron chi connectivity index (χ4n) is 1.58. The van der Waals surface area contributed by atoms with Gasteiger partial charge in [-0.05, 0) is 12.2 Å². The Kier molecular flexibility index (Phi) is 10.3. The van der Waals surface area contributed by atoms with Gasteiger partial charge >= 0.3 is 0 Å². The van der Waals surface area contributed by atoms with E-state index >= 15 is 0 Å². The number of piperazine rings is 1. The number of carbonyl (C=O) groups is 1. The highest BCUT2D eigenvalue weighted by Gasteiger charge is 2.14. The second-order valence-corrected chi connectivity index (χ2v) is 5.07. The monoisotopic (exact) mass is 266 g/mol. The molecular weight excluding hydrogens is 244 g/mol. The fourth-order valence-corrected chi connectivity index (χ4v) is 2.60. The van der Waals surface area contributed by atoms with Crippen LogP contribution in [0.3, 0.4) is 0 Å². The van der Waals surface area contributed by atoms with Crippen LogP contribution in [0.4, 0.5) is 0 Å². The Labute approximate surface area is 109 Å². The van der Waals surface area contributed by atoms with E-state index in [1.54, 1.807) is 0 Å². The summed E-state index contributed by atoms with van der Waals surface area (Å²) in [6, 6.07) is 0. The zero-order valence-electron chi connectivity index (χ0n) is 10.0. The molecule has 0 atom stereocenters. The van der Waals surface area contributed by atoms with Gasteiger partial charge in [0, 0.05) is 38.4 Å². The van der Waals surface area contributed by atoms with Crippen LogP contribution in [0.1, 0.15) is 26.2 Å². The molecule has 0 spiro atoms. The summed E-state index contributed by atoms with van der Waals surface area (Å²) < 4.78 is 0. The minimum atomic E-state index is 0. The number of unbranched alkanes of at least 4 members (excludes halogenated alkanes) is 1. The highest BCUT2D eigenvalue weighted by atomic mass is 35.5. The van der Waals surface area contributed by atoms with E-state index in [1.807, 2.05) is 16.7 Å². The minimum absolute atomic E-state index is 0. The quantitative estimate of drug-likeness (QED) is 0.744. The molecule has 0 aromatic rings. The second-order valence-electron chi connectivity index (χ2n) is 3.85. The van der Waals surface area contributed by atoms with Crippen molar-refractivity contribution in [1.29, 1.82) is 0 Å². The van der Waals surface area contributed by atoms with E-state index in [1.165, 1.54) is 18.6 Å². The van der Waals surface area contributed by atoms with Gasteiger partial charge in [-0.25, -0.2) is 0 Å². The van der Waals surface area contributed by atoms with Crippen LogP contribution in [0.25, 0.3) is 0 Å². The lowest BCUT2D eigenvalue weighted by atomic mass is 10.3. The first kappa shape index (κ1) is 16.1. The normalized spacial score (nSPS) is 15.7. The average molecular weight is 267 g/mol. The zero-order chi connectivity index (χ0) is 10.9. The van der Waals surface area contributed by atoms with Gasteiger partial charge in [0.05, 0.1) is 0 Å². The summed E-state index contributed by atoms with van der Waals surface area (Å²) in [6.45, 7) is 5.88. The van der Waals surface area contributed by atoms with Crippen LogP contribution in [0.5, 0.6) is 0 Å². The largest absolute Gasteiger partial charge is 0.340 e. The molecule has 0 saturated carbocycles. The number of halogens is 1. The summed E-state index contributed by atoms with van der Waals surface area (Å²) in [5.74, 6) is 2.52. The molecule has 96 valence electrons. The molecule has 5 heteroatoms. The third-order valence-corrected chi connectivity index (χ3v) is 3.64. The van der Waals surface area contributed by atoms with Crippen molar-refractivity contribution in [2.45, 2.75) is 26.2 Å². The molecule has 0 unspecified atom stereocenters. The maximum Gasteiger partial charge on any atom is 0.223 e. The summed E-state index contributed by atoms with van der Waals surface area (Å²) in [5, 5.41) is 3.25. The van der Waals surface area contributed by atoms with Gasteiger partial charge in [0.1, 0.15) is 0 Å². The van der Waals surface area contributed by atoms with E-state index in [4.69, 9.17) is 0 Å². The Morgan fingerprint density at radius 1 is 1.31 bits per heavy atom. The van der Waals surface area contributed by atoms with Gasteiger partial charge in [0.25, 0.3) is 0 Å². The van der Waals surface area contributed by atoms with Crippen molar-refractivity contribution >= 4 is 30.1 Å². The number of amides is 1. The molecule has 0 aliphatic carbocycles. The van der Waals surface area contributed by atoms with Gasteiger partial charge in [0.2, 0.25) is 5.91 Å². The zero-order valence-corrected chi connectivity index (χ0v) is 11.7. The van der Waals surface area contributed by atoms with Crippen molar-refractivity contribution < 1.29 is 4.79 Å². The topological polar surface area (TPSA) is 32.3 Å². The van der Waals surface area contributed by atoms with Crippen molar-refractivity contribution in [3.63, 3.8) is 0 Å². The number of nitrogens with zero attached hydrogens (tertiary/aromatic N) is 1. The lowest BCUT2D eigenvalue weighted by molar-refractivity contribution is -0.131. The molecule has 1 fully saturated rings. The number of hydrogen-bond donors (Lipinski definition) is 1. The van der Waals surface area contributed by atoms with Crippen LogP contribution >= 0.6 is 24.2 Å². The molecule has 16 heavy (non-hydrogen) atoms. The van der Waals surface area contributed by atoms with Crippen molar-refractivity contribution in [3.05, 3.63) is 0 Å². The Bertz CT molecular complexity index is 187. The molecule has 1 heterocycles. The standard InChI is InChI=1S/C11H22N2OS.ClH/c1-2-3-9-15-10-4-11(14)13-7-5-12-6-8-13;/h12H,2-10H2,1H3;1H. The molecule has 1 amide bonds. The van der Waals surface area contributed by atoms with Gasteiger partial charge in [-0.2, -0.15) is 11.8 Å². The van der Waals surface area contributed by atoms with Crippen molar-refractivity contribution in [2.75, 3.05) is 37.7 Å². The molecule has 1 aliphatic heterocycles. The number of thioether (sulfide) groups is 1. The molecule has 1 saturated heterocycles. The van der Waals surface area contributed by atoms with E-state index in [9.17, 15) is 4.79 Å². The van der Waals surface area contributed by atoms with Crippen LogP contribution in [-0.2, 0) is 4.79 Å². The van der Waals surface area contributed by atoms with E-state index in [2.05, 4.69) is 12.2 Å². The van der Waals surface area contributed by atoms with Gasteiger partial charge in [-0.3, -0.25) is 4.79 Å². The highest BCUT2D eigenvalue weighted by Crippen LogP contribution is 2.07. The molecule has 0 aromatic carbocycles. The summed E-state index contributed by atoms with van der Waals surface area (Å²) in [6.07, 6.45) is 3.24. The van der Waals surface area contributed by atoms with Crippen molar-refractivity contribution in [3.8, 4) is 0 Å². The summed E-state index contributed by atoms with van der Waals surface area (Å²) in [5.41, 5.74) is 0. The molecule has 1 N–H and O–H groups in total. The average Bonchev–Trinajstić information content (AvgIpc) is 2.30. The Balaban J connectivity index is 0.00000225. The SMILES string of the molecule is CCCCSCCC(=O)N1CCNCC1.Cl. The predicted octanol–water partition coefficient (Wildman–Crippen LogP) is 1.76. The van der Waals surface area contributed by atoms with Gasteiger partial charge < -0.3 is 10.2 Å². The first-order valence-electron chi connectivity index (χ1n) is 5.91. The molecule has 1 aliphatic rings. The Morgan fingerprint density at radius 3 is 2.62 bits per heavy atom. The number of nitrogens with one attached hydrogen (secondary N) is 1. The van der Waals surface area contributed by atoms with Gasteiger partial charge in [0.15, 0.2) is 0 Å². The van der Waals surface area contributed by atoms with E-state index < -0.39 is 0 Å². The summed E-state index contributed by atoms with van der Waals surface area (Å²) >= 11 is 1.91. The van der Waals surface area contributed by atoms with Gasteiger partial charge in [-0.1, -0.05) is 13.3 Å². The van der Waals surface area contributed by atoms with Crippen molar-refractivity contribution in [1.82, 2.24) is 10.2 Å². The third-order valence-electron chi connectivity index (χ3n) is 2.57. The Hall–Kier alpha value is 0.0700. The van der Waals surface area contributed by atoms with Crippen LogP contribution < -0.4 is 5.32 Å². The maximum absolute atomic E-state index is 11.7. The number of hydrogen-bond acceptors (Lipinski definition) is 3. The lowest BCUT2D eigenvalue weighted by Gasteiger charge is -2.27. The third kappa shape index (κ3) is 6.61. The smallest absolute Gasteiger partial charge is 0.223 e. The molecular formula is C11H23ClN2OS. The van der Waals surface area contributed by atoms with Gasteiger partial charge in [-0.15, -0.1) is 12.4 Å². The van der Waals surface area contributed by atoms with Crippen molar-refractivity contribution in [2.24, 2.45) is 0 Å². The van der Waals surface area contributed by atoms with Crippen LogP contribution in [0, 0.1) is 0 Å². The fraction of sp³-hybridized carbons (Fsp3) is 0.909. The Morgan fingerprint density at radius 2 is 2.00 bits per heavy atom. The van der Waals surface area contributed by atoms with Crippen LogP contribution in [0.2, 0.25) is 0 Å². The highest BCUT2D eigenvalue weighted by molar-refractivity contribution is 7.99. The molecule has 0 aromatic heterocycles. The number of rotatable bonds is 6. The predicted molar refractivity (Wildman–Crippen MR) is 73.5 cm³/mol. The first-order chi connectivity index (χ1) is 7.34. The summed E-state index contributed by atoms with van der Waals surface area (Å²) in [7, 11) is 0.